The van der Waals surface area contributed by atoms with Crippen molar-refractivity contribution in [2.24, 2.45) is 0 Å². The summed E-state index contributed by atoms with van der Waals surface area (Å²) in [6.07, 6.45) is 2.94. The van der Waals surface area contributed by atoms with E-state index in [0.29, 0.717) is 20.6 Å². The minimum absolute atomic E-state index is 0.332. The van der Waals surface area contributed by atoms with Gasteiger partial charge in [0.15, 0.2) is 0 Å². The molecule has 0 saturated carbocycles. The van der Waals surface area contributed by atoms with Crippen LogP contribution in [-0.2, 0) is 0 Å². The van der Waals surface area contributed by atoms with Crippen molar-refractivity contribution in [1.29, 1.82) is 0 Å². The molecule has 0 amide bonds. The number of rotatable bonds is 2. The highest BCUT2D eigenvalue weighted by atomic mass is 79.9. The summed E-state index contributed by atoms with van der Waals surface area (Å²) >= 11 is 6.46. The average molecular weight is 348 g/mol. The van der Waals surface area contributed by atoms with Crippen LogP contribution in [0.3, 0.4) is 0 Å². The fourth-order valence-electron chi connectivity index (χ4n) is 1.04. The molecule has 16 heavy (non-hydrogen) atoms. The van der Waals surface area contributed by atoms with Crippen molar-refractivity contribution in [3.05, 3.63) is 45.5 Å². The molecule has 82 valence electrons. The van der Waals surface area contributed by atoms with Gasteiger partial charge in [-0.15, -0.1) is 0 Å². The lowest BCUT2D eigenvalue weighted by Crippen LogP contribution is -1.91. The molecule has 0 aliphatic carbocycles. The molecule has 0 aliphatic heterocycles. The van der Waals surface area contributed by atoms with Crippen molar-refractivity contribution < 1.29 is 9.13 Å². The number of halogens is 3. The third kappa shape index (κ3) is 2.56. The van der Waals surface area contributed by atoms with E-state index in [1.807, 2.05) is 0 Å². The molecule has 2 rings (SSSR count). The highest BCUT2D eigenvalue weighted by Gasteiger charge is 2.07. The van der Waals surface area contributed by atoms with Crippen molar-refractivity contribution >= 4 is 31.9 Å². The first-order chi connectivity index (χ1) is 7.66. The van der Waals surface area contributed by atoms with Crippen LogP contribution in [0.5, 0.6) is 11.6 Å². The van der Waals surface area contributed by atoms with E-state index in [1.54, 1.807) is 6.20 Å². The molecule has 3 nitrogen and oxygen atoms in total. The van der Waals surface area contributed by atoms with Crippen LogP contribution in [0.1, 0.15) is 0 Å². The van der Waals surface area contributed by atoms with Crippen LogP contribution in [0.2, 0.25) is 0 Å². The van der Waals surface area contributed by atoms with E-state index in [4.69, 9.17) is 4.74 Å². The van der Waals surface area contributed by atoms with Crippen molar-refractivity contribution in [3.8, 4) is 11.6 Å². The average Bonchev–Trinajstić information content (AvgIpc) is 2.25. The Kier molecular flexibility index (Phi) is 3.50. The lowest BCUT2D eigenvalue weighted by atomic mass is 10.3. The van der Waals surface area contributed by atoms with Crippen LogP contribution >= 0.6 is 31.9 Å². The molecule has 0 radical (unpaired) electrons. The van der Waals surface area contributed by atoms with Crippen molar-refractivity contribution in [2.75, 3.05) is 0 Å². The van der Waals surface area contributed by atoms with Gasteiger partial charge in [-0.05, 0) is 50.1 Å². The van der Waals surface area contributed by atoms with E-state index in [2.05, 4.69) is 41.8 Å². The summed E-state index contributed by atoms with van der Waals surface area (Å²) in [7, 11) is 0. The zero-order chi connectivity index (χ0) is 11.5. The van der Waals surface area contributed by atoms with Crippen LogP contribution in [0.15, 0.2) is 39.7 Å². The Morgan fingerprint density at radius 2 is 2.00 bits per heavy atom. The molecule has 1 aromatic carbocycles. The number of aromatic nitrogens is 2. The van der Waals surface area contributed by atoms with E-state index < -0.39 is 0 Å². The fraction of sp³-hybridized carbons (Fsp3) is 0. The predicted octanol–water partition coefficient (Wildman–Crippen LogP) is 3.93. The molecule has 0 fully saturated rings. The molecule has 0 N–H and O–H groups in total. The molecule has 1 heterocycles. The van der Waals surface area contributed by atoms with Gasteiger partial charge in [0.2, 0.25) is 5.88 Å². The summed E-state index contributed by atoms with van der Waals surface area (Å²) in [5, 5.41) is 0. The molecule has 0 bridgehead atoms. The first-order valence-electron chi connectivity index (χ1n) is 4.25. The summed E-state index contributed by atoms with van der Waals surface area (Å²) in [5.74, 6) is 0.532. The van der Waals surface area contributed by atoms with Crippen LogP contribution in [0.4, 0.5) is 4.39 Å². The van der Waals surface area contributed by atoms with Gasteiger partial charge in [0.1, 0.15) is 17.9 Å². The van der Waals surface area contributed by atoms with Crippen molar-refractivity contribution in [3.63, 3.8) is 0 Å². The first-order valence-corrected chi connectivity index (χ1v) is 5.84. The molecular formula is C10H5Br2FN2O. The molecule has 0 spiro atoms. The molecule has 0 aliphatic rings. The Morgan fingerprint density at radius 3 is 2.69 bits per heavy atom. The minimum Gasteiger partial charge on any atom is -0.437 e. The van der Waals surface area contributed by atoms with Gasteiger partial charge in [-0.25, -0.2) is 14.4 Å². The van der Waals surface area contributed by atoms with Crippen molar-refractivity contribution in [1.82, 2.24) is 9.97 Å². The molecule has 2 aromatic rings. The van der Waals surface area contributed by atoms with E-state index in [1.165, 1.54) is 24.5 Å². The maximum atomic E-state index is 12.8. The van der Waals surface area contributed by atoms with Gasteiger partial charge in [0, 0.05) is 6.20 Å². The molecule has 0 unspecified atom stereocenters. The normalized spacial score (nSPS) is 10.2. The lowest BCUT2D eigenvalue weighted by Gasteiger charge is -2.07. The Balaban J connectivity index is 2.31. The van der Waals surface area contributed by atoms with Crippen molar-refractivity contribution in [2.45, 2.75) is 0 Å². The van der Waals surface area contributed by atoms with E-state index >= 15 is 0 Å². The maximum Gasteiger partial charge on any atom is 0.236 e. The first kappa shape index (κ1) is 11.5. The zero-order valence-electron chi connectivity index (χ0n) is 7.82. The highest BCUT2D eigenvalue weighted by molar-refractivity contribution is 9.11. The molecule has 1 aromatic heterocycles. The standard InChI is InChI=1S/C10H5Br2FN2O/c11-7-3-6(13)1-2-9(7)16-10-8(12)4-14-5-15-10/h1-5H. The van der Waals surface area contributed by atoms with Gasteiger partial charge >= 0.3 is 0 Å². The van der Waals surface area contributed by atoms with Gasteiger partial charge in [-0.1, -0.05) is 0 Å². The number of hydrogen-bond donors (Lipinski definition) is 0. The topological polar surface area (TPSA) is 35.0 Å². The molecule has 6 heteroatoms. The summed E-state index contributed by atoms with van der Waals surface area (Å²) < 4.78 is 19.5. The third-order valence-electron chi connectivity index (χ3n) is 1.73. The smallest absolute Gasteiger partial charge is 0.236 e. The summed E-state index contributed by atoms with van der Waals surface area (Å²) in [6, 6.07) is 4.16. The fourth-order valence-corrected chi connectivity index (χ4v) is 1.77. The minimum atomic E-state index is -0.332. The monoisotopic (exact) mass is 346 g/mol. The zero-order valence-corrected chi connectivity index (χ0v) is 11.0. The van der Waals surface area contributed by atoms with Crippen LogP contribution in [0.25, 0.3) is 0 Å². The van der Waals surface area contributed by atoms with Gasteiger partial charge in [-0.3, -0.25) is 0 Å². The SMILES string of the molecule is Fc1ccc(Oc2ncncc2Br)c(Br)c1. The van der Waals surface area contributed by atoms with E-state index in [9.17, 15) is 4.39 Å². The summed E-state index contributed by atoms with van der Waals surface area (Å²) in [4.78, 5) is 7.76. The van der Waals surface area contributed by atoms with E-state index in [-0.39, 0.29) is 5.82 Å². The Morgan fingerprint density at radius 1 is 1.19 bits per heavy atom. The highest BCUT2D eigenvalue weighted by Crippen LogP contribution is 2.32. The number of nitrogens with zero attached hydrogens (tertiary/aromatic N) is 2. The Hall–Kier alpha value is -1.01. The quantitative estimate of drug-likeness (QED) is 0.825. The molecule has 0 atom stereocenters. The second kappa shape index (κ2) is 4.88. The van der Waals surface area contributed by atoms with Crippen LogP contribution < -0.4 is 4.74 Å². The predicted molar refractivity (Wildman–Crippen MR) is 63.9 cm³/mol. The molecule has 0 saturated heterocycles. The Labute approximate surface area is 108 Å². The van der Waals surface area contributed by atoms with Gasteiger partial charge in [-0.2, -0.15) is 0 Å². The molecular weight excluding hydrogens is 343 g/mol. The second-order valence-corrected chi connectivity index (χ2v) is 4.56. The van der Waals surface area contributed by atoms with Crippen LogP contribution in [-0.4, -0.2) is 9.97 Å². The summed E-state index contributed by atoms with van der Waals surface area (Å²) in [5.41, 5.74) is 0. The third-order valence-corrected chi connectivity index (χ3v) is 2.90. The number of hydrogen-bond acceptors (Lipinski definition) is 3. The van der Waals surface area contributed by atoms with Gasteiger partial charge < -0.3 is 4.74 Å². The largest absolute Gasteiger partial charge is 0.437 e. The number of benzene rings is 1. The maximum absolute atomic E-state index is 12.8. The lowest BCUT2D eigenvalue weighted by molar-refractivity contribution is 0.453. The van der Waals surface area contributed by atoms with Gasteiger partial charge in [0.25, 0.3) is 0 Å². The summed E-state index contributed by atoms with van der Waals surface area (Å²) in [6.45, 7) is 0. The Bertz CT molecular complexity index is 522. The second-order valence-electron chi connectivity index (χ2n) is 2.85. The van der Waals surface area contributed by atoms with E-state index in [0.717, 1.165) is 0 Å². The number of ether oxygens (including phenoxy) is 1. The van der Waals surface area contributed by atoms with Gasteiger partial charge in [0.05, 0.1) is 8.95 Å². The van der Waals surface area contributed by atoms with Crippen LogP contribution in [0, 0.1) is 5.82 Å².